The summed E-state index contributed by atoms with van der Waals surface area (Å²) in [4.78, 5) is 0. The van der Waals surface area contributed by atoms with Gasteiger partial charge in [0.25, 0.3) is 0 Å². The molecule has 3 rings (SSSR count). The monoisotopic (exact) mass is 446 g/mol. The van der Waals surface area contributed by atoms with E-state index in [0.717, 1.165) is 24.3 Å². The topological polar surface area (TPSA) is 27.7 Å². The Balaban J connectivity index is 2.05. The van der Waals surface area contributed by atoms with Crippen LogP contribution in [0.25, 0.3) is 0 Å². The van der Waals surface area contributed by atoms with Gasteiger partial charge in [-0.05, 0) is 89.5 Å². The van der Waals surface area contributed by atoms with E-state index in [-0.39, 0.29) is 11.7 Å². The van der Waals surface area contributed by atoms with Gasteiger partial charge in [0.2, 0.25) is 9.04 Å². The van der Waals surface area contributed by atoms with Gasteiger partial charge in [-0.1, -0.05) is 25.8 Å². The van der Waals surface area contributed by atoms with Gasteiger partial charge in [0.15, 0.2) is 9.04 Å². The molecular formula is C25H42O3Si2. The Hall–Kier alpha value is -1.05. The first kappa shape index (κ1) is 23.6. The Morgan fingerprint density at radius 2 is 1.83 bits per heavy atom. The zero-order valence-electron chi connectivity index (χ0n) is 20.4. The molecule has 30 heavy (non-hydrogen) atoms. The van der Waals surface area contributed by atoms with Gasteiger partial charge < -0.3 is 13.6 Å². The lowest BCUT2D eigenvalue weighted by molar-refractivity contribution is -0.00567. The summed E-state index contributed by atoms with van der Waals surface area (Å²) < 4.78 is 19.6. The van der Waals surface area contributed by atoms with Gasteiger partial charge in [0, 0.05) is 17.4 Å². The molecule has 0 fully saturated rings. The molecule has 0 radical (unpaired) electrons. The number of benzene rings is 1. The molecule has 1 aromatic carbocycles. The van der Waals surface area contributed by atoms with Crippen molar-refractivity contribution in [2.75, 3.05) is 0 Å². The average Bonchev–Trinajstić information content (AvgIpc) is 2.61. The van der Waals surface area contributed by atoms with Gasteiger partial charge >= 0.3 is 0 Å². The normalized spacial score (nSPS) is 24.9. The van der Waals surface area contributed by atoms with Crippen molar-refractivity contribution < 1.29 is 13.6 Å². The van der Waals surface area contributed by atoms with Gasteiger partial charge in [-0.25, -0.2) is 0 Å². The molecule has 0 unspecified atom stereocenters. The molecule has 0 spiro atoms. The maximum Gasteiger partial charge on any atom is 0.229 e. The van der Waals surface area contributed by atoms with Gasteiger partial charge in [-0.2, -0.15) is 0 Å². The van der Waals surface area contributed by atoms with Gasteiger partial charge in [-0.15, -0.1) is 0 Å². The third-order valence-corrected chi connectivity index (χ3v) is 8.08. The van der Waals surface area contributed by atoms with Gasteiger partial charge in [0.1, 0.15) is 17.1 Å². The molecule has 3 nitrogen and oxygen atoms in total. The first-order valence-corrected chi connectivity index (χ1v) is 17.5. The van der Waals surface area contributed by atoms with E-state index in [2.05, 4.69) is 72.1 Å². The largest absolute Gasteiger partial charge is 0.547 e. The molecule has 0 N–H and O–H groups in total. The van der Waals surface area contributed by atoms with E-state index < -0.39 is 18.1 Å². The van der Waals surface area contributed by atoms with Crippen molar-refractivity contribution in [1.29, 1.82) is 0 Å². The molecular weight excluding hydrogens is 404 g/mol. The summed E-state index contributed by atoms with van der Waals surface area (Å²) in [7, 11) is -2.32. The Bertz CT molecular complexity index is 753. The van der Waals surface area contributed by atoms with Crippen molar-refractivity contribution >= 4 is 18.1 Å². The standard InChI is InChI=1S/C25H42O3Si2/c1-9-10-11-12-18-14-22-24(23(15-18)28-30(7)8)19-13-17(2)21(27-29(5)6)16-20(19)25(3,4)26-22/h13-15,19-21,29-30H,9-12,16H2,1-8H3/t19-,20-,21+/m1/s1. The Morgan fingerprint density at radius 3 is 2.47 bits per heavy atom. The van der Waals surface area contributed by atoms with E-state index in [9.17, 15) is 0 Å². The van der Waals surface area contributed by atoms with Crippen molar-refractivity contribution in [3.8, 4) is 11.5 Å². The number of fused-ring (bicyclic) bond motifs is 3. The van der Waals surface area contributed by atoms with Crippen LogP contribution in [0.3, 0.4) is 0 Å². The molecule has 1 heterocycles. The van der Waals surface area contributed by atoms with E-state index in [4.69, 9.17) is 13.6 Å². The van der Waals surface area contributed by atoms with Crippen molar-refractivity contribution in [1.82, 2.24) is 0 Å². The number of aryl methyl sites for hydroxylation is 1. The fourth-order valence-electron chi connectivity index (χ4n) is 5.06. The highest BCUT2D eigenvalue weighted by Gasteiger charge is 2.47. The molecule has 3 atom stereocenters. The lowest BCUT2D eigenvalue weighted by Gasteiger charge is -2.48. The number of ether oxygens (including phenoxy) is 1. The molecule has 0 aromatic heterocycles. The molecule has 0 saturated carbocycles. The molecule has 2 aliphatic rings. The highest BCUT2D eigenvalue weighted by Crippen LogP contribution is 2.54. The lowest BCUT2D eigenvalue weighted by atomic mass is 9.67. The second-order valence-electron chi connectivity index (χ2n) is 10.3. The van der Waals surface area contributed by atoms with Crippen LogP contribution in [0.15, 0.2) is 23.8 Å². The van der Waals surface area contributed by atoms with Crippen LogP contribution in [0, 0.1) is 5.92 Å². The van der Waals surface area contributed by atoms with E-state index in [1.54, 1.807) is 0 Å². The maximum absolute atomic E-state index is 6.71. The van der Waals surface area contributed by atoms with Crippen LogP contribution in [-0.4, -0.2) is 29.8 Å². The van der Waals surface area contributed by atoms with Gasteiger partial charge in [0.05, 0.1) is 6.10 Å². The van der Waals surface area contributed by atoms with Crippen LogP contribution >= 0.6 is 0 Å². The van der Waals surface area contributed by atoms with E-state index in [0.29, 0.717) is 11.8 Å². The predicted molar refractivity (Wildman–Crippen MR) is 132 cm³/mol. The van der Waals surface area contributed by atoms with E-state index in [1.807, 2.05) is 0 Å². The number of hydrogen-bond donors (Lipinski definition) is 0. The quantitative estimate of drug-likeness (QED) is 0.264. The lowest BCUT2D eigenvalue weighted by Crippen LogP contribution is -2.48. The summed E-state index contributed by atoms with van der Waals surface area (Å²) in [6.45, 7) is 18.0. The summed E-state index contributed by atoms with van der Waals surface area (Å²) in [6, 6.07) is 4.61. The second-order valence-corrected chi connectivity index (χ2v) is 15.0. The molecule has 5 heteroatoms. The fourth-order valence-corrected chi connectivity index (χ4v) is 6.75. The molecule has 1 aliphatic heterocycles. The maximum atomic E-state index is 6.71. The first-order chi connectivity index (χ1) is 14.1. The summed E-state index contributed by atoms with van der Waals surface area (Å²) in [5, 5.41) is 0. The Kier molecular flexibility index (Phi) is 7.57. The van der Waals surface area contributed by atoms with Crippen molar-refractivity contribution in [3.05, 3.63) is 34.9 Å². The van der Waals surface area contributed by atoms with Crippen LogP contribution in [0.2, 0.25) is 26.2 Å². The van der Waals surface area contributed by atoms with Crippen LogP contribution in [-0.2, 0) is 10.8 Å². The smallest absolute Gasteiger partial charge is 0.229 e. The van der Waals surface area contributed by atoms with Crippen LogP contribution in [0.5, 0.6) is 11.5 Å². The van der Waals surface area contributed by atoms with Crippen LogP contribution in [0.1, 0.15) is 70.4 Å². The molecule has 168 valence electrons. The highest BCUT2D eigenvalue weighted by molar-refractivity contribution is 6.49. The highest BCUT2D eigenvalue weighted by atomic mass is 28.3. The summed E-state index contributed by atoms with van der Waals surface area (Å²) in [5.41, 5.74) is 3.79. The SMILES string of the molecule is CCCCCc1cc(O[SiH](C)C)c2c(c1)OC(C)(C)[C@@H]1C[C@H](O[SiH](C)C)C(C)=C[C@@H]21. The summed E-state index contributed by atoms with van der Waals surface area (Å²) in [5.74, 6) is 2.85. The Morgan fingerprint density at radius 1 is 1.10 bits per heavy atom. The molecule has 0 saturated heterocycles. The predicted octanol–water partition coefficient (Wildman–Crippen LogP) is 6.37. The van der Waals surface area contributed by atoms with E-state index in [1.165, 1.54) is 36.0 Å². The minimum atomic E-state index is -1.23. The number of allylic oxidation sites excluding steroid dienone is 1. The molecule has 1 aliphatic carbocycles. The zero-order valence-corrected chi connectivity index (χ0v) is 22.7. The zero-order chi connectivity index (χ0) is 22.1. The number of hydrogen-bond acceptors (Lipinski definition) is 3. The van der Waals surface area contributed by atoms with Crippen molar-refractivity contribution in [2.24, 2.45) is 5.92 Å². The van der Waals surface area contributed by atoms with Crippen molar-refractivity contribution in [3.63, 3.8) is 0 Å². The number of rotatable bonds is 8. The first-order valence-electron chi connectivity index (χ1n) is 12.0. The third kappa shape index (κ3) is 5.22. The minimum Gasteiger partial charge on any atom is -0.547 e. The molecule has 0 bridgehead atoms. The summed E-state index contributed by atoms with van der Waals surface area (Å²) >= 11 is 0. The Labute approximate surface area is 187 Å². The second kappa shape index (κ2) is 9.62. The van der Waals surface area contributed by atoms with E-state index >= 15 is 0 Å². The number of unbranched alkanes of at least 4 members (excludes halogenated alkanes) is 2. The average molecular weight is 447 g/mol. The molecule has 0 amide bonds. The van der Waals surface area contributed by atoms with Crippen LogP contribution in [0.4, 0.5) is 0 Å². The summed E-state index contributed by atoms with van der Waals surface area (Å²) in [6.07, 6.45) is 8.56. The minimum absolute atomic E-state index is 0.219. The third-order valence-electron chi connectivity index (χ3n) is 6.48. The van der Waals surface area contributed by atoms with Crippen LogP contribution < -0.4 is 9.16 Å². The molecule has 1 aromatic rings. The van der Waals surface area contributed by atoms with Crippen molar-refractivity contribution in [2.45, 2.75) is 104 Å². The van der Waals surface area contributed by atoms with Gasteiger partial charge in [-0.3, -0.25) is 0 Å². The fraction of sp³-hybridized carbons (Fsp3) is 0.680.